The number of rotatable bonds is 7. The molecule has 0 aromatic heterocycles. The van der Waals surface area contributed by atoms with Gasteiger partial charge in [-0.3, -0.25) is 9.69 Å². The van der Waals surface area contributed by atoms with Crippen LogP contribution >= 0.6 is 58.8 Å². The molecular formula is C25H18Cl3NO3S2. The largest absolute Gasteiger partial charge is 0.490 e. The van der Waals surface area contributed by atoms with Crippen LogP contribution < -0.4 is 14.4 Å². The van der Waals surface area contributed by atoms with Crippen molar-refractivity contribution in [3.05, 3.63) is 91.8 Å². The summed E-state index contributed by atoms with van der Waals surface area (Å²) in [5.74, 6) is 0.692. The van der Waals surface area contributed by atoms with Crippen LogP contribution in [0.15, 0.2) is 65.6 Å². The SMILES string of the molecule is CCOc1cc(/C=C2\SC(=S)N(c3cccc(Cl)c3)C2=O)cc(Cl)c1OCc1ccc(Cl)cc1. The van der Waals surface area contributed by atoms with E-state index >= 15 is 0 Å². The van der Waals surface area contributed by atoms with E-state index in [-0.39, 0.29) is 5.91 Å². The molecule has 0 atom stereocenters. The van der Waals surface area contributed by atoms with Crippen LogP contribution in [0.1, 0.15) is 18.1 Å². The van der Waals surface area contributed by atoms with E-state index in [0.717, 1.165) is 5.56 Å². The fourth-order valence-corrected chi connectivity index (χ4v) is 5.15. The van der Waals surface area contributed by atoms with Crippen molar-refractivity contribution >= 4 is 80.8 Å². The van der Waals surface area contributed by atoms with E-state index in [1.807, 2.05) is 19.1 Å². The third-order valence-corrected chi connectivity index (χ3v) is 6.86. The van der Waals surface area contributed by atoms with Crippen molar-refractivity contribution in [2.75, 3.05) is 11.5 Å². The van der Waals surface area contributed by atoms with E-state index in [0.29, 0.717) is 60.3 Å². The van der Waals surface area contributed by atoms with E-state index in [1.54, 1.807) is 54.6 Å². The number of ether oxygens (including phenoxy) is 2. The smallest absolute Gasteiger partial charge is 0.270 e. The molecule has 1 saturated heterocycles. The molecule has 0 aliphatic carbocycles. The number of hydrogen-bond donors (Lipinski definition) is 0. The first-order valence-electron chi connectivity index (χ1n) is 10.2. The summed E-state index contributed by atoms with van der Waals surface area (Å²) in [5.41, 5.74) is 2.26. The Labute approximate surface area is 222 Å². The normalized spacial score (nSPS) is 14.7. The molecule has 1 amide bonds. The average molecular weight is 551 g/mol. The van der Waals surface area contributed by atoms with Crippen LogP contribution in [-0.4, -0.2) is 16.8 Å². The highest BCUT2D eigenvalue weighted by Crippen LogP contribution is 2.40. The molecular weight excluding hydrogens is 533 g/mol. The first-order chi connectivity index (χ1) is 16.4. The molecule has 0 unspecified atom stereocenters. The summed E-state index contributed by atoms with van der Waals surface area (Å²) in [6, 6.07) is 17.9. The monoisotopic (exact) mass is 549 g/mol. The fourth-order valence-electron chi connectivity index (χ4n) is 3.27. The number of benzene rings is 3. The molecule has 4 nitrogen and oxygen atoms in total. The van der Waals surface area contributed by atoms with Crippen molar-refractivity contribution < 1.29 is 14.3 Å². The van der Waals surface area contributed by atoms with Gasteiger partial charge in [-0.1, -0.05) is 77.0 Å². The molecule has 174 valence electrons. The Balaban J connectivity index is 1.60. The molecule has 3 aromatic carbocycles. The number of anilines is 1. The van der Waals surface area contributed by atoms with E-state index in [1.165, 1.54) is 16.7 Å². The van der Waals surface area contributed by atoms with Crippen molar-refractivity contribution in [1.29, 1.82) is 0 Å². The Kier molecular flexibility index (Phi) is 8.06. The second-order valence-electron chi connectivity index (χ2n) is 7.18. The third kappa shape index (κ3) is 5.70. The number of carbonyl (C=O) groups excluding carboxylic acids is 1. The number of amides is 1. The maximum atomic E-state index is 13.1. The molecule has 34 heavy (non-hydrogen) atoms. The second kappa shape index (κ2) is 11.0. The zero-order chi connectivity index (χ0) is 24.2. The predicted molar refractivity (Wildman–Crippen MR) is 146 cm³/mol. The Morgan fingerprint density at radius 1 is 1.00 bits per heavy atom. The minimum atomic E-state index is -0.227. The average Bonchev–Trinajstić information content (AvgIpc) is 3.07. The van der Waals surface area contributed by atoms with Crippen molar-refractivity contribution in [2.24, 2.45) is 0 Å². The van der Waals surface area contributed by atoms with Gasteiger partial charge in [-0.15, -0.1) is 0 Å². The van der Waals surface area contributed by atoms with Crippen molar-refractivity contribution in [3.8, 4) is 11.5 Å². The van der Waals surface area contributed by atoms with Crippen LogP contribution in [0.25, 0.3) is 6.08 Å². The number of nitrogens with zero attached hydrogens (tertiary/aromatic N) is 1. The molecule has 0 N–H and O–H groups in total. The lowest BCUT2D eigenvalue weighted by Gasteiger charge is -2.15. The summed E-state index contributed by atoms with van der Waals surface area (Å²) in [7, 11) is 0. The Morgan fingerprint density at radius 3 is 2.47 bits per heavy atom. The Bertz CT molecular complexity index is 1280. The molecule has 0 bridgehead atoms. The minimum absolute atomic E-state index is 0.227. The standard InChI is InChI=1S/C25H18Cl3NO3S2/c1-2-31-21-11-16(10-20(28)23(21)32-14-15-6-8-17(26)9-7-15)12-22-24(30)29(25(33)34-22)19-5-3-4-18(27)13-19/h3-13H,2,14H2,1H3/b22-12-. The lowest BCUT2D eigenvalue weighted by molar-refractivity contribution is -0.113. The number of thiocarbonyl (C=S) groups is 1. The van der Waals surface area contributed by atoms with Crippen LogP contribution in [0.3, 0.4) is 0 Å². The zero-order valence-electron chi connectivity index (χ0n) is 17.9. The van der Waals surface area contributed by atoms with Crippen molar-refractivity contribution in [3.63, 3.8) is 0 Å². The van der Waals surface area contributed by atoms with Gasteiger partial charge in [0.05, 0.1) is 22.2 Å². The number of thioether (sulfide) groups is 1. The molecule has 1 aliphatic rings. The van der Waals surface area contributed by atoms with Gasteiger partial charge in [-0.05, 0) is 66.6 Å². The molecule has 1 aliphatic heterocycles. The van der Waals surface area contributed by atoms with E-state index < -0.39 is 0 Å². The van der Waals surface area contributed by atoms with Gasteiger partial charge in [0.25, 0.3) is 5.91 Å². The summed E-state index contributed by atoms with van der Waals surface area (Å²) in [4.78, 5) is 15.0. The topological polar surface area (TPSA) is 38.8 Å². The highest BCUT2D eigenvalue weighted by molar-refractivity contribution is 8.27. The quantitative estimate of drug-likeness (QED) is 0.220. The van der Waals surface area contributed by atoms with Gasteiger partial charge in [0.2, 0.25) is 0 Å². The first-order valence-corrected chi connectivity index (χ1v) is 12.6. The fraction of sp³-hybridized carbons (Fsp3) is 0.120. The number of hydrogen-bond acceptors (Lipinski definition) is 5. The molecule has 4 rings (SSSR count). The summed E-state index contributed by atoms with van der Waals surface area (Å²) < 4.78 is 12.2. The van der Waals surface area contributed by atoms with Gasteiger partial charge < -0.3 is 9.47 Å². The maximum absolute atomic E-state index is 13.1. The lowest BCUT2D eigenvalue weighted by atomic mass is 10.1. The summed E-state index contributed by atoms with van der Waals surface area (Å²) in [5, 5.41) is 1.55. The van der Waals surface area contributed by atoms with Gasteiger partial charge in [-0.2, -0.15) is 0 Å². The van der Waals surface area contributed by atoms with Gasteiger partial charge in [0, 0.05) is 10.0 Å². The van der Waals surface area contributed by atoms with Crippen molar-refractivity contribution in [2.45, 2.75) is 13.5 Å². The van der Waals surface area contributed by atoms with Crippen LogP contribution in [0.4, 0.5) is 5.69 Å². The third-order valence-electron chi connectivity index (χ3n) is 4.79. The van der Waals surface area contributed by atoms with Crippen LogP contribution in [-0.2, 0) is 11.4 Å². The maximum Gasteiger partial charge on any atom is 0.270 e. The van der Waals surface area contributed by atoms with Gasteiger partial charge in [0.15, 0.2) is 15.8 Å². The molecule has 3 aromatic rings. The summed E-state index contributed by atoms with van der Waals surface area (Å²) >= 11 is 25.3. The Morgan fingerprint density at radius 2 is 1.76 bits per heavy atom. The van der Waals surface area contributed by atoms with Gasteiger partial charge in [0.1, 0.15) is 6.61 Å². The van der Waals surface area contributed by atoms with Crippen LogP contribution in [0, 0.1) is 0 Å². The summed E-state index contributed by atoms with van der Waals surface area (Å²) in [6.07, 6.45) is 1.74. The number of carbonyl (C=O) groups is 1. The minimum Gasteiger partial charge on any atom is -0.490 e. The second-order valence-corrected chi connectivity index (χ2v) is 10.1. The lowest BCUT2D eigenvalue weighted by Crippen LogP contribution is -2.27. The van der Waals surface area contributed by atoms with E-state index in [2.05, 4.69) is 0 Å². The molecule has 1 fully saturated rings. The highest BCUT2D eigenvalue weighted by atomic mass is 35.5. The van der Waals surface area contributed by atoms with Gasteiger partial charge >= 0.3 is 0 Å². The van der Waals surface area contributed by atoms with Gasteiger partial charge in [-0.25, -0.2) is 0 Å². The molecule has 0 radical (unpaired) electrons. The summed E-state index contributed by atoms with van der Waals surface area (Å²) in [6.45, 7) is 2.60. The van der Waals surface area contributed by atoms with E-state index in [9.17, 15) is 4.79 Å². The molecule has 1 heterocycles. The molecule has 0 saturated carbocycles. The molecule has 9 heteroatoms. The van der Waals surface area contributed by atoms with Crippen LogP contribution in [0.5, 0.6) is 11.5 Å². The predicted octanol–water partition coefficient (Wildman–Crippen LogP) is 8.03. The number of halogens is 3. The van der Waals surface area contributed by atoms with Crippen molar-refractivity contribution in [1.82, 2.24) is 0 Å². The van der Waals surface area contributed by atoms with E-state index in [4.69, 9.17) is 56.5 Å². The first kappa shape index (κ1) is 24.9. The Hall–Kier alpha value is -2.22. The van der Waals surface area contributed by atoms with Crippen LogP contribution in [0.2, 0.25) is 15.1 Å². The highest BCUT2D eigenvalue weighted by Gasteiger charge is 2.33. The molecule has 0 spiro atoms. The zero-order valence-corrected chi connectivity index (χ0v) is 21.8.